The first-order chi connectivity index (χ1) is 29.3. The number of nitrogens with one attached hydrogen (secondary N) is 1. The zero-order chi connectivity index (χ0) is 43.7. The highest BCUT2D eigenvalue weighted by atomic mass is 19.1. The average Bonchev–Trinajstić information content (AvgIpc) is 3.82. The summed E-state index contributed by atoms with van der Waals surface area (Å²) in [6.45, 7) is 7.94. The van der Waals surface area contributed by atoms with Gasteiger partial charge in [0.1, 0.15) is 30.2 Å². The van der Waals surface area contributed by atoms with Gasteiger partial charge in [0.05, 0.1) is 48.7 Å². The van der Waals surface area contributed by atoms with Crippen molar-refractivity contribution in [3.8, 4) is 0 Å². The first-order valence-corrected chi connectivity index (χ1v) is 22.8. The summed E-state index contributed by atoms with van der Waals surface area (Å²) >= 11 is 0. The van der Waals surface area contributed by atoms with Gasteiger partial charge in [-0.05, 0) is 115 Å². The fraction of sp³-hybridized carbons (Fsp3) is 0.787. The van der Waals surface area contributed by atoms with E-state index >= 15 is 9.18 Å². The molecule has 19 atom stereocenters. The summed E-state index contributed by atoms with van der Waals surface area (Å²) < 4.78 is 65.3. The van der Waals surface area contributed by atoms with Crippen LogP contribution in [0.25, 0.3) is 0 Å². The number of likely N-dealkylation sites (N-methyl/N-ethyl adjacent to an activating group) is 1. The second-order valence-electron chi connectivity index (χ2n) is 18.8. The van der Waals surface area contributed by atoms with Gasteiger partial charge in [0.25, 0.3) is 0 Å². The number of Topliss-reactive ketones (excluding diaryl/α,β-unsaturated/α-hetero) is 1. The number of ketones is 1. The molecule has 0 bridgehead atoms. The predicted molar refractivity (Wildman–Crippen MR) is 225 cm³/mol. The average molecular weight is 859 g/mol. The van der Waals surface area contributed by atoms with Crippen molar-refractivity contribution in [2.45, 2.75) is 165 Å². The van der Waals surface area contributed by atoms with Gasteiger partial charge in [-0.2, -0.15) is 0 Å². The summed E-state index contributed by atoms with van der Waals surface area (Å²) in [6.07, 6.45) is 2.38. The van der Waals surface area contributed by atoms with E-state index in [1.165, 1.54) is 6.07 Å². The maximum atomic E-state index is 15.4. The van der Waals surface area contributed by atoms with Crippen LogP contribution in [0.5, 0.6) is 0 Å². The Labute approximate surface area is 361 Å². The van der Waals surface area contributed by atoms with E-state index in [0.29, 0.717) is 37.7 Å². The van der Waals surface area contributed by atoms with Crippen LogP contribution in [0.2, 0.25) is 0 Å². The molecule has 0 aromatic heterocycles. The predicted octanol–water partition coefficient (Wildman–Crippen LogP) is 5.91. The lowest BCUT2D eigenvalue weighted by atomic mass is 9.62. The number of carbonyl (C=O) groups is 2. The molecule has 2 saturated carbocycles. The summed E-state index contributed by atoms with van der Waals surface area (Å²) in [5.41, 5.74) is 0.819. The second kappa shape index (κ2) is 20.1. The molecule has 6 aliphatic rings. The minimum Gasteiger partial charge on any atom is -0.462 e. The van der Waals surface area contributed by atoms with Crippen molar-refractivity contribution >= 4 is 17.4 Å². The molecule has 342 valence electrons. The fourth-order valence-corrected chi connectivity index (χ4v) is 12.0. The minimum absolute atomic E-state index is 0.0309. The van der Waals surface area contributed by atoms with Crippen LogP contribution >= 0.6 is 0 Å². The molecule has 3 heterocycles. The fourth-order valence-electron chi connectivity index (χ4n) is 12.0. The van der Waals surface area contributed by atoms with E-state index in [2.05, 4.69) is 31.2 Å². The van der Waals surface area contributed by atoms with Crippen molar-refractivity contribution in [2.24, 2.45) is 35.5 Å². The van der Waals surface area contributed by atoms with Gasteiger partial charge in [0, 0.05) is 45.1 Å². The molecular formula is C47H71FN2O11. The van der Waals surface area contributed by atoms with Crippen molar-refractivity contribution in [3.05, 3.63) is 41.7 Å². The lowest BCUT2D eigenvalue weighted by Gasteiger charge is -2.47. The maximum Gasteiger partial charge on any atom is 0.306 e. The number of anilines is 1. The number of para-hydroxylation sites is 1. The van der Waals surface area contributed by atoms with Gasteiger partial charge in [0.2, 0.25) is 0 Å². The quantitative estimate of drug-likeness (QED) is 0.255. The number of halogens is 1. The van der Waals surface area contributed by atoms with Crippen molar-refractivity contribution in [1.29, 1.82) is 0 Å². The van der Waals surface area contributed by atoms with E-state index in [0.717, 1.165) is 19.3 Å². The number of cyclic esters (lactones) is 1. The van der Waals surface area contributed by atoms with Gasteiger partial charge in [-0.1, -0.05) is 32.1 Å². The molecule has 1 aromatic rings. The molecule has 4 unspecified atom stereocenters. The number of nitrogens with zero attached hydrogens (tertiary/aromatic N) is 1. The lowest BCUT2D eigenvalue weighted by molar-refractivity contribution is -0.314. The second-order valence-corrected chi connectivity index (χ2v) is 18.8. The number of ether oxygens (including phenoxy) is 8. The number of allylic oxidation sites excluding steroid dienone is 2. The highest BCUT2D eigenvalue weighted by molar-refractivity contribution is 5.99. The molecule has 2 N–H and O–H groups in total. The van der Waals surface area contributed by atoms with Crippen molar-refractivity contribution in [1.82, 2.24) is 4.90 Å². The maximum absolute atomic E-state index is 15.4. The lowest BCUT2D eigenvalue weighted by Crippen LogP contribution is -2.59. The Bertz CT molecular complexity index is 1680. The van der Waals surface area contributed by atoms with Crippen LogP contribution in [0.15, 0.2) is 35.9 Å². The van der Waals surface area contributed by atoms with E-state index in [1.807, 2.05) is 26.8 Å². The van der Waals surface area contributed by atoms with E-state index in [-0.39, 0.29) is 78.2 Å². The number of carbonyl (C=O) groups excluding carboxylic acids is 2. The van der Waals surface area contributed by atoms with E-state index < -0.39 is 66.6 Å². The van der Waals surface area contributed by atoms with Gasteiger partial charge < -0.3 is 53.2 Å². The number of benzene rings is 1. The van der Waals surface area contributed by atoms with Gasteiger partial charge in [0.15, 0.2) is 18.4 Å². The van der Waals surface area contributed by atoms with Gasteiger partial charge in [-0.15, -0.1) is 0 Å². The van der Waals surface area contributed by atoms with Crippen molar-refractivity contribution in [3.63, 3.8) is 0 Å². The Morgan fingerprint density at radius 1 is 0.885 bits per heavy atom. The van der Waals surface area contributed by atoms with Crippen LogP contribution in [0.3, 0.4) is 0 Å². The number of hydrogen-bond acceptors (Lipinski definition) is 13. The van der Waals surface area contributed by atoms with Crippen LogP contribution in [0.1, 0.15) is 85.5 Å². The third-order valence-corrected chi connectivity index (χ3v) is 15.1. The monoisotopic (exact) mass is 859 g/mol. The SMILES string of the molecule is CC[C@H]1CCC[C@H](O[C@H]2CC[C@H](N(C)C)C(C)O2)[C@@H](C)C(=O)C2=C[C@H]3[C@@H]4C[C@H](O[C@@H]5OC(C)[C@H](OC)C(OC)C5OC)C[C@H]4[C@H](Nc4ccccc4F)[C@@H](O)[C@H]3[C@@H]2CC(=O)O1. The molecule has 0 amide bonds. The number of hydrogen-bond donors (Lipinski definition) is 2. The number of methoxy groups -OCH3 is 3. The Morgan fingerprint density at radius 3 is 2.28 bits per heavy atom. The first kappa shape index (κ1) is 46.5. The number of aliphatic hydroxyl groups is 1. The third kappa shape index (κ3) is 9.64. The largest absolute Gasteiger partial charge is 0.462 e. The molecule has 61 heavy (non-hydrogen) atoms. The molecule has 0 radical (unpaired) electrons. The Balaban J connectivity index is 1.21. The Kier molecular flexibility index (Phi) is 15.3. The highest BCUT2D eigenvalue weighted by Gasteiger charge is 2.60. The summed E-state index contributed by atoms with van der Waals surface area (Å²) in [6, 6.07) is 6.12. The normalized spacial score (nSPS) is 43.3. The minimum atomic E-state index is -1.04. The van der Waals surface area contributed by atoms with Crippen LogP contribution in [0.4, 0.5) is 10.1 Å². The zero-order valence-corrected chi connectivity index (χ0v) is 37.6. The van der Waals surface area contributed by atoms with E-state index in [4.69, 9.17) is 37.9 Å². The van der Waals surface area contributed by atoms with Crippen LogP contribution in [-0.4, -0.2) is 137 Å². The number of esters is 1. The third-order valence-electron chi connectivity index (χ3n) is 15.1. The van der Waals surface area contributed by atoms with Crippen molar-refractivity contribution < 1.29 is 57.0 Å². The molecule has 3 aliphatic heterocycles. The van der Waals surface area contributed by atoms with Crippen LogP contribution < -0.4 is 5.32 Å². The molecule has 14 heteroatoms. The number of rotatable bonds is 11. The van der Waals surface area contributed by atoms with E-state index in [9.17, 15) is 9.90 Å². The number of fused-ring (bicyclic) bond motifs is 5. The smallest absolute Gasteiger partial charge is 0.306 e. The molecule has 1 aromatic carbocycles. The van der Waals surface area contributed by atoms with Crippen molar-refractivity contribution in [2.75, 3.05) is 40.7 Å². The summed E-state index contributed by atoms with van der Waals surface area (Å²) in [4.78, 5) is 31.1. The molecule has 3 aliphatic carbocycles. The molecular weight excluding hydrogens is 788 g/mol. The van der Waals surface area contributed by atoms with Gasteiger partial charge in [-0.25, -0.2) is 4.39 Å². The molecule has 0 spiro atoms. The Hall–Kier alpha value is -2.53. The molecule has 3 saturated heterocycles. The summed E-state index contributed by atoms with van der Waals surface area (Å²) in [5, 5.41) is 16.1. The van der Waals surface area contributed by atoms with Crippen LogP contribution in [0, 0.1) is 41.3 Å². The Morgan fingerprint density at radius 2 is 1.61 bits per heavy atom. The first-order valence-electron chi connectivity index (χ1n) is 22.8. The van der Waals surface area contributed by atoms with Gasteiger partial charge in [-0.3, -0.25) is 9.59 Å². The zero-order valence-electron chi connectivity index (χ0n) is 37.6. The molecule has 7 rings (SSSR count). The standard InChI is InChI=1S/C47H71FN2O11/c1-10-27-14-13-17-37(61-39-19-18-36(50(5)6)25(3)57-39)24(2)42(52)33-22-30-29-20-28(60-47-46(56-9)45(55-8)44(54-7)26(4)58-47)21-32(29)41(49-35-16-12-11-15-34(35)48)43(53)40(30)31(33)23-38(51)59-27/h11-12,15-16,22,24-32,36-37,39-41,43-47,49,53H,10,13-14,17-21,23H2,1-9H3/t24-,25?,26?,27+,28+,29+,30+,31-,32-,36+,37+,39+,40-,41+,43+,44+,45?,46?,47+/m1/s1. The summed E-state index contributed by atoms with van der Waals surface area (Å²) in [5.74, 6) is -3.09. The van der Waals surface area contributed by atoms with Gasteiger partial charge >= 0.3 is 5.97 Å². The van der Waals surface area contributed by atoms with Crippen LogP contribution in [-0.2, 0) is 47.5 Å². The summed E-state index contributed by atoms with van der Waals surface area (Å²) in [7, 11) is 8.96. The number of aliphatic hydroxyl groups excluding tert-OH is 1. The molecule has 13 nitrogen and oxygen atoms in total. The molecule has 5 fully saturated rings. The highest BCUT2D eigenvalue weighted by Crippen LogP contribution is 2.57. The topological polar surface area (TPSA) is 143 Å². The van der Waals surface area contributed by atoms with E-state index in [1.54, 1.807) is 39.5 Å².